The van der Waals surface area contributed by atoms with Crippen LogP contribution in [0.4, 0.5) is 11.4 Å². The van der Waals surface area contributed by atoms with E-state index in [9.17, 15) is 14.4 Å². The molecule has 168 valence electrons. The number of carbonyl (C=O) groups is 3. The van der Waals surface area contributed by atoms with Crippen LogP contribution in [0.1, 0.15) is 34.4 Å². The number of carboxylic acid groups (broad SMARTS) is 1. The lowest BCUT2D eigenvalue weighted by Crippen LogP contribution is -2.03. The van der Waals surface area contributed by atoms with Gasteiger partial charge in [0.25, 0.3) is 5.91 Å². The number of para-hydroxylation sites is 1. The number of aromatic nitrogens is 1. The quantitative estimate of drug-likeness (QED) is 0.380. The van der Waals surface area contributed by atoms with Crippen LogP contribution >= 0.6 is 15.9 Å². The van der Waals surface area contributed by atoms with Gasteiger partial charge in [0.05, 0.1) is 12.0 Å². The van der Waals surface area contributed by atoms with Crippen molar-refractivity contribution in [3.8, 4) is 0 Å². The molecule has 33 heavy (non-hydrogen) atoms. The average Bonchev–Trinajstić information content (AvgIpc) is 3.42. The summed E-state index contributed by atoms with van der Waals surface area (Å²) in [6.07, 6.45) is 4.71. The molecule has 3 aromatic rings. The number of carboxylic acids is 1. The van der Waals surface area contributed by atoms with Crippen molar-refractivity contribution in [3.63, 3.8) is 0 Å². The SMILES string of the molecule is Cc1c(CCC(=O)O)c[nH]c1C=C1C(=O)Nc2ccc(Br)cc21.O=C1Cc2ccccc2N1. The van der Waals surface area contributed by atoms with Crippen molar-refractivity contribution in [2.24, 2.45) is 0 Å². The summed E-state index contributed by atoms with van der Waals surface area (Å²) in [6, 6.07) is 13.4. The second kappa shape index (κ2) is 9.46. The van der Waals surface area contributed by atoms with Crippen molar-refractivity contribution in [3.05, 3.63) is 81.1 Å². The number of fused-ring (bicyclic) bond motifs is 2. The predicted octanol–water partition coefficient (Wildman–Crippen LogP) is 4.78. The lowest BCUT2D eigenvalue weighted by Gasteiger charge is -2.01. The molecule has 0 unspecified atom stereocenters. The number of aryl methyl sites for hydroxylation is 1. The van der Waals surface area contributed by atoms with E-state index in [1.54, 1.807) is 6.20 Å². The van der Waals surface area contributed by atoms with E-state index in [0.717, 1.165) is 43.8 Å². The molecule has 8 heteroatoms. The van der Waals surface area contributed by atoms with E-state index in [4.69, 9.17) is 5.11 Å². The third kappa shape index (κ3) is 5.06. The number of anilines is 2. The van der Waals surface area contributed by atoms with Gasteiger partial charge >= 0.3 is 5.97 Å². The Morgan fingerprint density at radius 1 is 1.12 bits per heavy atom. The van der Waals surface area contributed by atoms with Crippen molar-refractivity contribution in [1.29, 1.82) is 0 Å². The largest absolute Gasteiger partial charge is 0.481 e. The number of aromatic amines is 1. The minimum Gasteiger partial charge on any atom is -0.481 e. The number of carbonyl (C=O) groups excluding carboxylic acids is 2. The topological polar surface area (TPSA) is 111 Å². The van der Waals surface area contributed by atoms with Gasteiger partial charge in [-0.15, -0.1) is 0 Å². The van der Waals surface area contributed by atoms with Crippen LogP contribution in [0.5, 0.6) is 0 Å². The van der Waals surface area contributed by atoms with E-state index < -0.39 is 5.97 Å². The van der Waals surface area contributed by atoms with E-state index in [1.807, 2.05) is 55.5 Å². The number of rotatable bonds is 4. The number of aliphatic carboxylic acids is 1. The van der Waals surface area contributed by atoms with E-state index in [0.29, 0.717) is 18.4 Å². The third-order valence-corrected chi connectivity index (χ3v) is 6.08. The van der Waals surface area contributed by atoms with Crippen LogP contribution in [-0.2, 0) is 27.2 Å². The van der Waals surface area contributed by atoms with Gasteiger partial charge in [-0.1, -0.05) is 34.1 Å². The summed E-state index contributed by atoms with van der Waals surface area (Å²) in [5, 5.41) is 14.4. The first-order valence-corrected chi connectivity index (χ1v) is 11.2. The van der Waals surface area contributed by atoms with Gasteiger partial charge in [-0.2, -0.15) is 0 Å². The molecular formula is C25H22BrN3O4. The molecule has 7 nitrogen and oxygen atoms in total. The molecule has 4 N–H and O–H groups in total. The molecule has 3 heterocycles. The molecular weight excluding hydrogens is 486 g/mol. The zero-order chi connectivity index (χ0) is 23.5. The Morgan fingerprint density at radius 3 is 2.67 bits per heavy atom. The highest BCUT2D eigenvalue weighted by Gasteiger charge is 2.24. The number of benzene rings is 2. The normalized spacial score (nSPS) is 14.8. The number of hydrogen-bond donors (Lipinski definition) is 4. The van der Waals surface area contributed by atoms with Crippen molar-refractivity contribution < 1.29 is 19.5 Å². The van der Waals surface area contributed by atoms with Crippen molar-refractivity contribution in [1.82, 2.24) is 4.98 Å². The zero-order valence-corrected chi connectivity index (χ0v) is 19.5. The van der Waals surface area contributed by atoms with E-state index >= 15 is 0 Å². The highest BCUT2D eigenvalue weighted by Crippen LogP contribution is 2.35. The van der Waals surface area contributed by atoms with Crippen LogP contribution in [0.15, 0.2) is 53.1 Å². The molecule has 0 radical (unpaired) electrons. The Balaban J connectivity index is 0.000000214. The molecule has 2 aliphatic heterocycles. The summed E-state index contributed by atoms with van der Waals surface area (Å²) in [5.41, 5.74) is 7.05. The number of halogens is 1. The molecule has 0 atom stereocenters. The second-order valence-electron chi connectivity index (χ2n) is 7.83. The lowest BCUT2D eigenvalue weighted by atomic mass is 10.0. The maximum atomic E-state index is 12.2. The lowest BCUT2D eigenvalue weighted by molar-refractivity contribution is -0.137. The standard InChI is InChI=1S/C17H15BrN2O3.C8H7NO/c1-9-10(2-5-16(21)22)8-19-15(9)7-13-12-6-11(18)3-4-14(12)20-17(13)23;10-8-5-6-3-1-2-4-7(6)9-8/h3-4,6-8,19H,2,5H2,1H3,(H,20,23)(H,21,22);1-4H,5H2,(H,9,10). The summed E-state index contributed by atoms with van der Waals surface area (Å²) < 4.78 is 0.906. The smallest absolute Gasteiger partial charge is 0.303 e. The van der Waals surface area contributed by atoms with Crippen LogP contribution in [0.3, 0.4) is 0 Å². The Bertz CT molecular complexity index is 1270. The molecule has 1 aromatic heterocycles. The van der Waals surface area contributed by atoms with Gasteiger partial charge in [-0.3, -0.25) is 14.4 Å². The minimum absolute atomic E-state index is 0.0883. The summed E-state index contributed by atoms with van der Waals surface area (Å²) in [5.74, 6) is -0.861. The molecule has 2 aliphatic rings. The number of amides is 2. The van der Waals surface area contributed by atoms with Gasteiger partial charge in [0, 0.05) is 39.7 Å². The first kappa shape index (κ1) is 22.5. The van der Waals surface area contributed by atoms with Crippen LogP contribution in [0.2, 0.25) is 0 Å². The van der Waals surface area contributed by atoms with E-state index in [-0.39, 0.29) is 18.2 Å². The Labute approximate surface area is 199 Å². The van der Waals surface area contributed by atoms with Crippen molar-refractivity contribution in [2.45, 2.75) is 26.2 Å². The Kier molecular flexibility index (Phi) is 6.46. The molecule has 0 aliphatic carbocycles. The van der Waals surface area contributed by atoms with Crippen LogP contribution in [0.25, 0.3) is 11.6 Å². The first-order valence-electron chi connectivity index (χ1n) is 10.4. The summed E-state index contributed by atoms with van der Waals surface area (Å²) in [6.45, 7) is 1.93. The van der Waals surface area contributed by atoms with Crippen molar-refractivity contribution in [2.75, 3.05) is 10.6 Å². The average molecular weight is 508 g/mol. The van der Waals surface area contributed by atoms with E-state index in [2.05, 4.69) is 31.5 Å². The molecule has 0 spiro atoms. The highest BCUT2D eigenvalue weighted by atomic mass is 79.9. The number of H-pyrrole nitrogens is 1. The summed E-state index contributed by atoms with van der Waals surface area (Å²) >= 11 is 3.42. The van der Waals surface area contributed by atoms with Crippen LogP contribution in [-0.4, -0.2) is 27.9 Å². The fourth-order valence-corrected chi connectivity index (χ4v) is 4.18. The molecule has 2 aromatic carbocycles. The fraction of sp³-hybridized carbons (Fsp3) is 0.160. The van der Waals surface area contributed by atoms with Gasteiger partial charge < -0.3 is 20.7 Å². The molecule has 5 rings (SSSR count). The molecule has 0 saturated carbocycles. The Hall–Kier alpha value is -3.65. The number of nitrogens with one attached hydrogen (secondary N) is 3. The van der Waals surface area contributed by atoms with Gasteiger partial charge in [-0.25, -0.2) is 0 Å². The van der Waals surface area contributed by atoms with Gasteiger partial charge in [0.15, 0.2) is 0 Å². The fourth-order valence-electron chi connectivity index (χ4n) is 3.82. The predicted molar refractivity (Wildman–Crippen MR) is 131 cm³/mol. The summed E-state index contributed by atoms with van der Waals surface area (Å²) in [7, 11) is 0. The van der Waals surface area contributed by atoms with Crippen LogP contribution < -0.4 is 10.6 Å². The van der Waals surface area contributed by atoms with E-state index in [1.165, 1.54) is 0 Å². The zero-order valence-electron chi connectivity index (χ0n) is 17.9. The first-order chi connectivity index (χ1) is 15.8. The number of hydrogen-bond acceptors (Lipinski definition) is 3. The van der Waals surface area contributed by atoms with Crippen LogP contribution in [0, 0.1) is 6.92 Å². The van der Waals surface area contributed by atoms with Gasteiger partial charge in [0.2, 0.25) is 5.91 Å². The molecule has 0 saturated heterocycles. The minimum atomic E-state index is -0.820. The van der Waals surface area contributed by atoms with Gasteiger partial charge in [0.1, 0.15) is 0 Å². The Morgan fingerprint density at radius 2 is 1.91 bits per heavy atom. The molecule has 0 fully saturated rings. The maximum Gasteiger partial charge on any atom is 0.303 e. The molecule has 0 bridgehead atoms. The van der Waals surface area contributed by atoms with Gasteiger partial charge in [-0.05, 0) is 60.4 Å². The second-order valence-corrected chi connectivity index (χ2v) is 8.75. The summed E-state index contributed by atoms with van der Waals surface area (Å²) in [4.78, 5) is 36.8. The maximum absolute atomic E-state index is 12.2. The highest BCUT2D eigenvalue weighted by molar-refractivity contribution is 9.10. The third-order valence-electron chi connectivity index (χ3n) is 5.59. The molecule has 2 amide bonds. The monoisotopic (exact) mass is 507 g/mol. The van der Waals surface area contributed by atoms with Crippen molar-refractivity contribution >= 4 is 56.7 Å².